The maximum Gasteiger partial charge on any atom is 0.303 e. The fourth-order valence-electron chi connectivity index (χ4n) is 2.71. The molecule has 27 heavy (non-hydrogen) atoms. The van der Waals surface area contributed by atoms with Gasteiger partial charge in [0.2, 0.25) is 0 Å². The van der Waals surface area contributed by atoms with Gasteiger partial charge in [0.05, 0.1) is 13.2 Å². The number of carbonyl (C=O) groups is 1. The van der Waals surface area contributed by atoms with Gasteiger partial charge in [-0.3, -0.25) is 4.79 Å². The molecule has 0 aromatic rings. The van der Waals surface area contributed by atoms with Crippen molar-refractivity contribution in [3.63, 3.8) is 0 Å². The van der Waals surface area contributed by atoms with Crippen LogP contribution in [-0.4, -0.2) is 45.7 Å². The number of aliphatic carboxylic acids is 1. The predicted octanol–water partition coefficient (Wildman–Crippen LogP) is 4.66. The van der Waals surface area contributed by atoms with Gasteiger partial charge in [-0.1, -0.05) is 96.8 Å². The number of carboxylic acid groups (broad SMARTS) is 1. The molecule has 0 radical (unpaired) electrons. The fourth-order valence-corrected chi connectivity index (χ4v) is 2.71. The average molecular weight is 442 g/mol. The Morgan fingerprint density at radius 1 is 0.667 bits per heavy atom. The SMILES string of the molecule is CCCCCCCCCCCCCCCCCC(=O)O.OCC(O)CO.[Zn]. The Bertz CT molecular complexity index is 273. The van der Waals surface area contributed by atoms with E-state index in [9.17, 15) is 4.79 Å². The van der Waals surface area contributed by atoms with Crippen molar-refractivity contribution >= 4 is 5.97 Å². The summed E-state index contributed by atoms with van der Waals surface area (Å²) >= 11 is 0. The minimum absolute atomic E-state index is 0. The van der Waals surface area contributed by atoms with Gasteiger partial charge in [0, 0.05) is 25.9 Å². The van der Waals surface area contributed by atoms with Crippen LogP contribution >= 0.6 is 0 Å². The summed E-state index contributed by atoms with van der Waals surface area (Å²) in [6.07, 6.45) is 19.2. The van der Waals surface area contributed by atoms with E-state index in [4.69, 9.17) is 20.4 Å². The Morgan fingerprint density at radius 3 is 1.19 bits per heavy atom. The molecule has 0 aliphatic heterocycles. The number of rotatable bonds is 18. The number of hydrogen-bond donors (Lipinski definition) is 4. The molecule has 0 aliphatic rings. The first-order valence-electron chi connectivity index (χ1n) is 10.7. The quantitative estimate of drug-likeness (QED) is 0.183. The molecular formula is C21H44O5Zn. The van der Waals surface area contributed by atoms with Crippen LogP contribution in [0, 0.1) is 0 Å². The van der Waals surface area contributed by atoms with E-state index in [2.05, 4.69) is 6.92 Å². The number of carboxylic acids is 1. The molecular weight excluding hydrogens is 398 g/mol. The van der Waals surface area contributed by atoms with Gasteiger partial charge in [-0.15, -0.1) is 0 Å². The van der Waals surface area contributed by atoms with Crippen LogP contribution in [0.3, 0.4) is 0 Å². The number of hydrogen-bond acceptors (Lipinski definition) is 4. The molecule has 4 N–H and O–H groups in total. The van der Waals surface area contributed by atoms with Gasteiger partial charge in [-0.05, 0) is 6.42 Å². The van der Waals surface area contributed by atoms with Crippen molar-refractivity contribution < 1.29 is 44.7 Å². The Hall–Kier alpha value is -0.0266. The first-order chi connectivity index (χ1) is 12.6. The molecule has 0 unspecified atom stereocenters. The zero-order valence-corrected chi connectivity index (χ0v) is 20.7. The summed E-state index contributed by atoms with van der Waals surface area (Å²) in [5, 5.41) is 32.5. The van der Waals surface area contributed by atoms with E-state index in [1.807, 2.05) is 0 Å². The predicted molar refractivity (Wildman–Crippen MR) is 107 cm³/mol. The van der Waals surface area contributed by atoms with E-state index in [1.165, 1.54) is 83.5 Å². The number of aliphatic hydroxyl groups excluding tert-OH is 3. The maximum absolute atomic E-state index is 10.3. The molecule has 0 spiro atoms. The van der Waals surface area contributed by atoms with Gasteiger partial charge >= 0.3 is 5.97 Å². The van der Waals surface area contributed by atoms with Gasteiger partial charge in [-0.2, -0.15) is 0 Å². The van der Waals surface area contributed by atoms with Crippen molar-refractivity contribution in [1.82, 2.24) is 0 Å². The second kappa shape index (κ2) is 28.2. The molecule has 6 heteroatoms. The molecule has 0 saturated heterocycles. The summed E-state index contributed by atoms with van der Waals surface area (Å²) in [7, 11) is 0. The molecule has 160 valence electrons. The standard InChI is InChI=1S/C18H36O2.C3H8O3.Zn/c1-2-3-4-5-6-7-8-9-10-11-12-13-14-15-16-17-18(19)20;4-1-3(6)2-5;/h2-17H2,1H3,(H,19,20);3-6H,1-2H2;. The van der Waals surface area contributed by atoms with Crippen molar-refractivity contribution in [2.45, 2.75) is 116 Å². The zero-order chi connectivity index (χ0) is 19.9. The third-order valence-corrected chi connectivity index (χ3v) is 4.42. The smallest absolute Gasteiger partial charge is 0.303 e. The Labute approximate surface area is 179 Å². The van der Waals surface area contributed by atoms with Gasteiger partial charge in [-0.25, -0.2) is 0 Å². The van der Waals surface area contributed by atoms with E-state index >= 15 is 0 Å². The second-order valence-electron chi connectivity index (χ2n) is 7.11. The molecule has 0 amide bonds. The van der Waals surface area contributed by atoms with Crippen molar-refractivity contribution in [1.29, 1.82) is 0 Å². The van der Waals surface area contributed by atoms with E-state index < -0.39 is 12.1 Å². The molecule has 0 aromatic carbocycles. The number of unbranched alkanes of at least 4 members (excludes halogenated alkanes) is 14. The normalized spacial score (nSPS) is 10.3. The molecule has 0 aromatic heterocycles. The summed E-state index contributed by atoms with van der Waals surface area (Å²) < 4.78 is 0. The zero-order valence-electron chi connectivity index (χ0n) is 17.7. The monoisotopic (exact) mass is 440 g/mol. The maximum atomic E-state index is 10.3. The molecule has 0 atom stereocenters. The molecule has 0 rings (SSSR count). The largest absolute Gasteiger partial charge is 0.481 e. The Morgan fingerprint density at radius 2 is 0.963 bits per heavy atom. The van der Waals surface area contributed by atoms with E-state index in [0.29, 0.717) is 6.42 Å². The summed E-state index contributed by atoms with van der Waals surface area (Å²) in [6.45, 7) is 1.54. The third-order valence-electron chi connectivity index (χ3n) is 4.42. The minimum atomic E-state index is -0.954. The van der Waals surface area contributed by atoms with Crippen LogP contribution in [-0.2, 0) is 24.3 Å². The van der Waals surface area contributed by atoms with E-state index in [0.717, 1.165) is 12.8 Å². The topological polar surface area (TPSA) is 98.0 Å². The minimum Gasteiger partial charge on any atom is -0.481 e. The Balaban J connectivity index is -0.000000709. The van der Waals surface area contributed by atoms with Crippen LogP contribution in [0.2, 0.25) is 0 Å². The summed E-state index contributed by atoms with van der Waals surface area (Å²) in [6, 6.07) is 0. The molecule has 5 nitrogen and oxygen atoms in total. The molecule has 0 bridgehead atoms. The molecule has 0 saturated carbocycles. The van der Waals surface area contributed by atoms with Gasteiger partial charge in [0.25, 0.3) is 0 Å². The second-order valence-corrected chi connectivity index (χ2v) is 7.11. The third kappa shape index (κ3) is 33.9. The van der Waals surface area contributed by atoms with Crippen molar-refractivity contribution in [2.24, 2.45) is 0 Å². The number of aliphatic hydroxyl groups is 3. The summed E-state index contributed by atoms with van der Waals surface area (Å²) in [5.41, 5.74) is 0. The first kappa shape index (κ1) is 31.7. The van der Waals surface area contributed by atoms with Crippen LogP contribution < -0.4 is 0 Å². The molecule has 0 fully saturated rings. The average Bonchev–Trinajstić information content (AvgIpc) is 2.64. The van der Waals surface area contributed by atoms with E-state index in [1.54, 1.807) is 0 Å². The summed E-state index contributed by atoms with van der Waals surface area (Å²) in [4.78, 5) is 10.3. The van der Waals surface area contributed by atoms with E-state index in [-0.39, 0.29) is 32.7 Å². The summed E-state index contributed by atoms with van der Waals surface area (Å²) in [5.74, 6) is -0.653. The molecule has 0 aliphatic carbocycles. The van der Waals surface area contributed by atoms with Gasteiger partial charge in [0.1, 0.15) is 6.10 Å². The molecule has 0 heterocycles. The fraction of sp³-hybridized carbons (Fsp3) is 0.952. The van der Waals surface area contributed by atoms with Crippen LogP contribution in [0.15, 0.2) is 0 Å². The van der Waals surface area contributed by atoms with Crippen LogP contribution in [0.1, 0.15) is 110 Å². The van der Waals surface area contributed by atoms with Crippen molar-refractivity contribution in [3.8, 4) is 0 Å². The first-order valence-corrected chi connectivity index (χ1v) is 10.7. The van der Waals surface area contributed by atoms with Crippen LogP contribution in [0.25, 0.3) is 0 Å². The van der Waals surface area contributed by atoms with Crippen molar-refractivity contribution in [2.75, 3.05) is 13.2 Å². The Kier molecular flexibility index (Phi) is 33.1. The van der Waals surface area contributed by atoms with Crippen molar-refractivity contribution in [3.05, 3.63) is 0 Å². The van der Waals surface area contributed by atoms with Gasteiger partial charge in [0.15, 0.2) is 0 Å². The van der Waals surface area contributed by atoms with Crippen LogP contribution in [0.4, 0.5) is 0 Å². The van der Waals surface area contributed by atoms with Gasteiger partial charge < -0.3 is 20.4 Å². The van der Waals surface area contributed by atoms with Crippen LogP contribution in [0.5, 0.6) is 0 Å².